The Hall–Kier alpha value is -1.73. The number of hydrogen-bond donors (Lipinski definition) is 2. The van der Waals surface area contributed by atoms with Gasteiger partial charge in [0.25, 0.3) is 0 Å². The number of nitrogens with zero attached hydrogens (tertiary/aromatic N) is 1. The lowest BCUT2D eigenvalue weighted by Crippen LogP contribution is -2.40. The van der Waals surface area contributed by atoms with Crippen molar-refractivity contribution in [2.45, 2.75) is 19.4 Å². The quantitative estimate of drug-likeness (QED) is 0.849. The molecule has 0 atom stereocenters. The van der Waals surface area contributed by atoms with Gasteiger partial charge in [-0.2, -0.15) is 5.26 Å². The molecule has 16 heavy (non-hydrogen) atoms. The van der Waals surface area contributed by atoms with E-state index in [1.165, 1.54) is 19.9 Å². The highest BCUT2D eigenvalue weighted by molar-refractivity contribution is 6.30. The second-order valence-electron chi connectivity index (χ2n) is 3.86. The van der Waals surface area contributed by atoms with Gasteiger partial charge in [0.05, 0.1) is 11.3 Å². The molecule has 0 aliphatic carbocycles. The molecule has 84 valence electrons. The smallest absolute Gasteiger partial charge is 0.328 e. The fourth-order valence-electron chi connectivity index (χ4n) is 1.11. The summed E-state index contributed by atoms with van der Waals surface area (Å²) in [5.74, 6) is -1.00. The number of hydrogen-bond acceptors (Lipinski definition) is 3. The molecule has 0 unspecified atom stereocenters. The zero-order chi connectivity index (χ0) is 12.3. The Bertz CT molecular complexity index is 464. The van der Waals surface area contributed by atoms with Gasteiger partial charge >= 0.3 is 5.97 Å². The number of rotatable bonds is 3. The van der Waals surface area contributed by atoms with Crippen molar-refractivity contribution in [2.24, 2.45) is 0 Å². The summed E-state index contributed by atoms with van der Waals surface area (Å²) < 4.78 is 0. The lowest BCUT2D eigenvalue weighted by Gasteiger charge is -2.23. The number of aliphatic carboxylic acids is 1. The number of carbonyl (C=O) groups is 1. The lowest BCUT2D eigenvalue weighted by atomic mass is 10.0. The van der Waals surface area contributed by atoms with Gasteiger partial charge in [0.15, 0.2) is 0 Å². The van der Waals surface area contributed by atoms with Gasteiger partial charge in [-0.25, -0.2) is 4.79 Å². The Balaban J connectivity index is 3.10. The first-order valence-electron chi connectivity index (χ1n) is 4.58. The molecule has 0 aromatic heterocycles. The molecule has 0 saturated carbocycles. The number of carboxylic acid groups (broad SMARTS) is 1. The topological polar surface area (TPSA) is 73.1 Å². The first-order chi connectivity index (χ1) is 7.36. The molecule has 0 saturated heterocycles. The summed E-state index contributed by atoms with van der Waals surface area (Å²) in [6, 6.07) is 6.63. The van der Waals surface area contributed by atoms with E-state index in [0.717, 1.165) is 0 Å². The van der Waals surface area contributed by atoms with Crippen molar-refractivity contribution in [3.63, 3.8) is 0 Å². The van der Waals surface area contributed by atoms with Crippen molar-refractivity contribution in [1.82, 2.24) is 0 Å². The summed E-state index contributed by atoms with van der Waals surface area (Å²) in [6.07, 6.45) is 0. The average molecular weight is 239 g/mol. The van der Waals surface area contributed by atoms with E-state index < -0.39 is 11.5 Å². The SMILES string of the molecule is CC(C)(Nc1cc(Cl)ccc1C#N)C(=O)O. The minimum atomic E-state index is -1.16. The minimum Gasteiger partial charge on any atom is -0.480 e. The molecule has 4 nitrogen and oxygen atoms in total. The molecule has 0 heterocycles. The molecular weight excluding hydrogens is 228 g/mol. The third-order valence-electron chi connectivity index (χ3n) is 2.08. The van der Waals surface area contributed by atoms with E-state index in [0.29, 0.717) is 16.3 Å². The fraction of sp³-hybridized carbons (Fsp3) is 0.273. The predicted molar refractivity (Wildman–Crippen MR) is 61.5 cm³/mol. The number of nitriles is 1. The van der Waals surface area contributed by atoms with Gasteiger partial charge in [-0.1, -0.05) is 11.6 Å². The molecule has 0 fully saturated rings. The van der Waals surface area contributed by atoms with E-state index in [9.17, 15) is 4.79 Å². The van der Waals surface area contributed by atoms with E-state index in [-0.39, 0.29) is 0 Å². The van der Waals surface area contributed by atoms with Crippen molar-refractivity contribution < 1.29 is 9.90 Å². The molecule has 0 amide bonds. The molecular formula is C11H11ClN2O2. The first kappa shape index (κ1) is 12.3. The zero-order valence-corrected chi connectivity index (χ0v) is 9.67. The van der Waals surface area contributed by atoms with Crippen molar-refractivity contribution in [3.05, 3.63) is 28.8 Å². The Morgan fingerprint density at radius 1 is 1.56 bits per heavy atom. The zero-order valence-electron chi connectivity index (χ0n) is 8.91. The van der Waals surface area contributed by atoms with Gasteiger partial charge in [-0.3, -0.25) is 0 Å². The maximum atomic E-state index is 10.9. The summed E-state index contributed by atoms with van der Waals surface area (Å²) in [6.45, 7) is 3.02. The molecule has 1 aromatic rings. The van der Waals surface area contributed by atoms with Crippen LogP contribution in [0.1, 0.15) is 19.4 Å². The van der Waals surface area contributed by atoms with Crippen LogP contribution in [0.3, 0.4) is 0 Å². The van der Waals surface area contributed by atoms with Crippen LogP contribution in [-0.2, 0) is 4.79 Å². The number of halogens is 1. The highest BCUT2D eigenvalue weighted by Crippen LogP contribution is 2.23. The van der Waals surface area contributed by atoms with E-state index in [1.807, 2.05) is 6.07 Å². The normalized spacial score (nSPS) is 10.6. The number of nitrogens with one attached hydrogen (secondary N) is 1. The maximum Gasteiger partial charge on any atom is 0.328 e. The fourth-order valence-corrected chi connectivity index (χ4v) is 1.28. The highest BCUT2D eigenvalue weighted by Gasteiger charge is 2.27. The molecule has 2 N–H and O–H groups in total. The first-order valence-corrected chi connectivity index (χ1v) is 4.96. The number of carboxylic acids is 1. The largest absolute Gasteiger partial charge is 0.480 e. The van der Waals surface area contributed by atoms with Crippen LogP contribution in [0.2, 0.25) is 5.02 Å². The van der Waals surface area contributed by atoms with E-state index in [4.69, 9.17) is 22.0 Å². The molecule has 0 spiro atoms. The van der Waals surface area contributed by atoms with Crippen molar-refractivity contribution in [2.75, 3.05) is 5.32 Å². The molecule has 0 aliphatic rings. The van der Waals surface area contributed by atoms with Crippen LogP contribution < -0.4 is 5.32 Å². The Kier molecular flexibility index (Phi) is 3.41. The molecule has 1 aromatic carbocycles. The molecule has 0 bridgehead atoms. The third-order valence-corrected chi connectivity index (χ3v) is 2.32. The summed E-state index contributed by atoms with van der Waals surface area (Å²) in [4.78, 5) is 10.9. The summed E-state index contributed by atoms with van der Waals surface area (Å²) in [7, 11) is 0. The molecule has 0 radical (unpaired) electrons. The van der Waals surface area contributed by atoms with Crippen molar-refractivity contribution in [1.29, 1.82) is 5.26 Å². The summed E-state index contributed by atoms with van der Waals surface area (Å²) in [5, 5.41) is 21.0. The predicted octanol–water partition coefficient (Wildman–Crippen LogP) is 2.49. The van der Waals surface area contributed by atoms with Crippen molar-refractivity contribution in [3.8, 4) is 6.07 Å². The van der Waals surface area contributed by atoms with Gasteiger partial charge in [0.2, 0.25) is 0 Å². The number of benzene rings is 1. The van der Waals surface area contributed by atoms with Crippen LogP contribution in [0, 0.1) is 11.3 Å². The van der Waals surface area contributed by atoms with E-state index >= 15 is 0 Å². The van der Waals surface area contributed by atoms with Gasteiger partial charge in [0.1, 0.15) is 11.6 Å². The van der Waals surface area contributed by atoms with Gasteiger partial charge < -0.3 is 10.4 Å². The monoisotopic (exact) mass is 238 g/mol. The molecule has 1 rings (SSSR count). The van der Waals surface area contributed by atoms with E-state index in [2.05, 4.69) is 5.32 Å². The van der Waals surface area contributed by atoms with Crippen molar-refractivity contribution >= 4 is 23.3 Å². The Labute approximate surface area is 98.5 Å². The Morgan fingerprint density at radius 3 is 2.69 bits per heavy atom. The van der Waals surface area contributed by atoms with Gasteiger partial charge in [-0.05, 0) is 32.0 Å². The van der Waals surface area contributed by atoms with Crippen LogP contribution in [0.5, 0.6) is 0 Å². The third kappa shape index (κ3) is 2.65. The Morgan fingerprint density at radius 2 is 2.19 bits per heavy atom. The van der Waals surface area contributed by atoms with Crippen LogP contribution in [0.15, 0.2) is 18.2 Å². The van der Waals surface area contributed by atoms with Crippen LogP contribution in [0.25, 0.3) is 0 Å². The number of anilines is 1. The van der Waals surface area contributed by atoms with Crippen LogP contribution in [-0.4, -0.2) is 16.6 Å². The van der Waals surface area contributed by atoms with Crippen LogP contribution in [0.4, 0.5) is 5.69 Å². The summed E-state index contributed by atoms with van der Waals surface area (Å²) >= 11 is 5.79. The summed E-state index contributed by atoms with van der Waals surface area (Å²) in [5.41, 5.74) is -0.378. The lowest BCUT2D eigenvalue weighted by molar-refractivity contribution is -0.141. The second-order valence-corrected chi connectivity index (χ2v) is 4.29. The highest BCUT2D eigenvalue weighted by atomic mass is 35.5. The van der Waals surface area contributed by atoms with Gasteiger partial charge in [-0.15, -0.1) is 0 Å². The van der Waals surface area contributed by atoms with E-state index in [1.54, 1.807) is 12.1 Å². The molecule has 0 aliphatic heterocycles. The minimum absolute atomic E-state index is 0.360. The van der Waals surface area contributed by atoms with Gasteiger partial charge in [0, 0.05) is 5.02 Å². The average Bonchev–Trinajstić information content (AvgIpc) is 2.17. The second kappa shape index (κ2) is 4.42. The standard InChI is InChI=1S/C11H11ClN2O2/c1-11(2,10(15)16)14-9-5-8(12)4-3-7(9)6-13/h3-5,14H,1-2H3,(H,15,16). The molecule has 5 heteroatoms. The van der Waals surface area contributed by atoms with Crippen LogP contribution >= 0.6 is 11.6 Å². The maximum absolute atomic E-state index is 10.9.